The normalized spacial score (nSPS) is 10.9. The fourth-order valence-corrected chi connectivity index (χ4v) is 3.80. The van der Waals surface area contributed by atoms with Crippen LogP contribution in [0.1, 0.15) is 5.89 Å². The molecular weight excluding hydrogens is 456 g/mol. The van der Waals surface area contributed by atoms with Crippen molar-refractivity contribution >= 4 is 39.5 Å². The summed E-state index contributed by atoms with van der Waals surface area (Å²) in [5, 5.41) is 13.5. The van der Waals surface area contributed by atoms with E-state index in [1.165, 1.54) is 16.7 Å². The number of rotatable bonds is 6. The van der Waals surface area contributed by atoms with Crippen molar-refractivity contribution in [3.05, 3.63) is 71.0 Å². The second-order valence-electron chi connectivity index (χ2n) is 5.79. The number of nitrogens with zero attached hydrogens (tertiary/aromatic N) is 4. The van der Waals surface area contributed by atoms with E-state index in [9.17, 15) is 0 Å². The Morgan fingerprint density at radius 1 is 0.893 bits per heavy atom. The lowest BCUT2D eigenvalue weighted by Crippen LogP contribution is -1.90. The highest BCUT2D eigenvalue weighted by Crippen LogP contribution is 2.25. The van der Waals surface area contributed by atoms with Gasteiger partial charge in [-0.3, -0.25) is 0 Å². The molecule has 2 aromatic carbocycles. The highest BCUT2D eigenvalue weighted by atomic mass is 79.9. The third-order valence-corrected chi connectivity index (χ3v) is 6.12. The standard InChI is InChI=1S/C20H15BrN4OS2/c1-27-16-8-4-14(5-9-16)20-22-18(26-25-20)12-28-19-11-10-17(23-24-19)13-2-6-15(21)7-3-13/h2-11H,12H2,1H3. The van der Waals surface area contributed by atoms with Crippen molar-refractivity contribution in [3.63, 3.8) is 0 Å². The monoisotopic (exact) mass is 470 g/mol. The maximum Gasteiger partial charge on any atom is 0.237 e. The molecule has 0 unspecified atom stereocenters. The molecule has 0 saturated heterocycles. The summed E-state index contributed by atoms with van der Waals surface area (Å²) >= 11 is 6.65. The Morgan fingerprint density at radius 2 is 1.64 bits per heavy atom. The van der Waals surface area contributed by atoms with Gasteiger partial charge in [0.05, 0.1) is 11.4 Å². The molecule has 0 aliphatic heterocycles. The van der Waals surface area contributed by atoms with Crippen LogP contribution in [0.25, 0.3) is 22.6 Å². The Bertz CT molecular complexity index is 1050. The number of hydrogen-bond acceptors (Lipinski definition) is 7. The third kappa shape index (κ3) is 4.63. The summed E-state index contributed by atoms with van der Waals surface area (Å²) in [6.45, 7) is 0. The van der Waals surface area contributed by atoms with E-state index in [1.807, 2.05) is 66.9 Å². The Morgan fingerprint density at radius 3 is 2.32 bits per heavy atom. The first-order valence-corrected chi connectivity index (χ1v) is 11.4. The van der Waals surface area contributed by atoms with Crippen LogP contribution < -0.4 is 0 Å². The Hall–Kier alpha value is -2.16. The van der Waals surface area contributed by atoms with Gasteiger partial charge in [-0.25, -0.2) is 0 Å². The zero-order valence-electron chi connectivity index (χ0n) is 14.9. The zero-order valence-corrected chi connectivity index (χ0v) is 18.1. The van der Waals surface area contributed by atoms with Crippen molar-refractivity contribution in [1.29, 1.82) is 0 Å². The fourth-order valence-electron chi connectivity index (χ4n) is 2.48. The lowest BCUT2D eigenvalue weighted by Gasteiger charge is -2.01. The van der Waals surface area contributed by atoms with Crippen LogP contribution >= 0.6 is 39.5 Å². The van der Waals surface area contributed by atoms with Gasteiger partial charge in [-0.2, -0.15) is 4.98 Å². The first kappa shape index (κ1) is 19.2. The molecule has 0 atom stereocenters. The fraction of sp³-hybridized carbons (Fsp3) is 0.100. The van der Waals surface area contributed by atoms with E-state index in [1.54, 1.807) is 11.8 Å². The molecule has 0 spiro atoms. The molecule has 0 N–H and O–H groups in total. The van der Waals surface area contributed by atoms with Crippen molar-refractivity contribution in [1.82, 2.24) is 20.3 Å². The van der Waals surface area contributed by atoms with Gasteiger partial charge in [-0.05, 0) is 54.8 Å². The maximum absolute atomic E-state index is 5.36. The lowest BCUT2D eigenvalue weighted by molar-refractivity contribution is 0.391. The predicted octanol–water partition coefficient (Wildman–Crippen LogP) is 5.97. The summed E-state index contributed by atoms with van der Waals surface area (Å²) in [7, 11) is 0. The highest BCUT2D eigenvalue weighted by molar-refractivity contribution is 9.10. The molecule has 2 aromatic heterocycles. The molecule has 8 heteroatoms. The van der Waals surface area contributed by atoms with Gasteiger partial charge < -0.3 is 4.52 Å². The third-order valence-electron chi connectivity index (χ3n) is 3.94. The summed E-state index contributed by atoms with van der Waals surface area (Å²) in [5.74, 6) is 1.70. The number of halogens is 1. The smallest absolute Gasteiger partial charge is 0.237 e. The van der Waals surface area contributed by atoms with Crippen LogP contribution in [0.4, 0.5) is 0 Å². The van der Waals surface area contributed by atoms with Gasteiger partial charge in [-0.1, -0.05) is 45.0 Å². The predicted molar refractivity (Wildman–Crippen MR) is 116 cm³/mol. The molecule has 5 nitrogen and oxygen atoms in total. The molecule has 140 valence electrons. The quantitative estimate of drug-likeness (QED) is 0.321. The van der Waals surface area contributed by atoms with Gasteiger partial charge >= 0.3 is 0 Å². The lowest BCUT2D eigenvalue weighted by atomic mass is 10.1. The van der Waals surface area contributed by atoms with Crippen LogP contribution in [-0.4, -0.2) is 26.6 Å². The van der Waals surface area contributed by atoms with E-state index >= 15 is 0 Å². The molecule has 0 aliphatic rings. The van der Waals surface area contributed by atoms with Gasteiger partial charge in [0, 0.05) is 20.5 Å². The van der Waals surface area contributed by atoms with Crippen LogP contribution in [0.2, 0.25) is 0 Å². The van der Waals surface area contributed by atoms with Crippen molar-refractivity contribution in [2.45, 2.75) is 15.7 Å². The number of benzene rings is 2. The first-order valence-electron chi connectivity index (χ1n) is 8.41. The molecule has 0 fully saturated rings. The van der Waals surface area contributed by atoms with Gasteiger partial charge in [0.2, 0.25) is 11.7 Å². The average Bonchev–Trinajstić information content (AvgIpc) is 3.22. The van der Waals surface area contributed by atoms with Crippen LogP contribution in [0.15, 0.2) is 79.6 Å². The summed E-state index contributed by atoms with van der Waals surface area (Å²) in [4.78, 5) is 5.67. The minimum Gasteiger partial charge on any atom is -0.338 e. The molecule has 0 aliphatic carbocycles. The Balaban J connectivity index is 1.39. The van der Waals surface area contributed by atoms with Gasteiger partial charge in [0.15, 0.2) is 0 Å². The second-order valence-corrected chi connectivity index (χ2v) is 8.58. The summed E-state index contributed by atoms with van der Waals surface area (Å²) in [6, 6.07) is 20.0. The largest absolute Gasteiger partial charge is 0.338 e. The van der Waals surface area contributed by atoms with Gasteiger partial charge in [0.25, 0.3) is 0 Å². The van der Waals surface area contributed by atoms with Gasteiger partial charge in [0.1, 0.15) is 5.03 Å². The summed E-state index contributed by atoms with van der Waals surface area (Å²) < 4.78 is 6.40. The number of hydrogen-bond donors (Lipinski definition) is 0. The van der Waals surface area contributed by atoms with Crippen molar-refractivity contribution in [2.75, 3.05) is 6.26 Å². The van der Waals surface area contributed by atoms with Crippen LogP contribution in [0.3, 0.4) is 0 Å². The average molecular weight is 471 g/mol. The summed E-state index contributed by atoms with van der Waals surface area (Å²) in [5.41, 5.74) is 2.81. The molecule has 4 rings (SSSR count). The molecule has 0 saturated carbocycles. The molecule has 0 amide bonds. The van der Waals surface area contributed by atoms with Crippen molar-refractivity contribution in [3.8, 4) is 22.6 Å². The van der Waals surface area contributed by atoms with Crippen molar-refractivity contribution < 1.29 is 4.52 Å². The zero-order chi connectivity index (χ0) is 19.3. The minimum absolute atomic E-state index is 0.544. The Kier molecular flexibility index (Phi) is 6.09. The van der Waals surface area contributed by atoms with Gasteiger partial charge in [-0.15, -0.1) is 22.0 Å². The Labute approximate surface area is 179 Å². The maximum atomic E-state index is 5.36. The number of thioether (sulfide) groups is 2. The van der Waals surface area contributed by atoms with E-state index in [2.05, 4.69) is 36.3 Å². The molecule has 0 radical (unpaired) electrons. The summed E-state index contributed by atoms with van der Waals surface area (Å²) in [6.07, 6.45) is 2.05. The highest BCUT2D eigenvalue weighted by Gasteiger charge is 2.10. The minimum atomic E-state index is 0.544. The van der Waals surface area contributed by atoms with E-state index < -0.39 is 0 Å². The van der Waals surface area contributed by atoms with Crippen molar-refractivity contribution in [2.24, 2.45) is 0 Å². The second kappa shape index (κ2) is 8.89. The number of aromatic nitrogens is 4. The van der Waals surface area contributed by atoms with E-state index in [0.717, 1.165) is 26.3 Å². The molecule has 2 heterocycles. The molecule has 4 aromatic rings. The SMILES string of the molecule is CSc1ccc(-c2noc(CSc3ccc(-c4ccc(Br)cc4)nn3)n2)cc1. The molecule has 28 heavy (non-hydrogen) atoms. The van der Waals surface area contributed by atoms with Crippen LogP contribution in [-0.2, 0) is 5.75 Å². The van der Waals surface area contributed by atoms with E-state index in [0.29, 0.717) is 17.5 Å². The van der Waals surface area contributed by atoms with E-state index in [-0.39, 0.29) is 0 Å². The van der Waals surface area contributed by atoms with E-state index in [4.69, 9.17) is 4.52 Å². The molecular formula is C20H15BrN4OS2. The van der Waals surface area contributed by atoms with Crippen LogP contribution in [0, 0.1) is 0 Å². The first-order chi connectivity index (χ1) is 13.7. The van der Waals surface area contributed by atoms with Crippen LogP contribution in [0.5, 0.6) is 0 Å². The topological polar surface area (TPSA) is 64.7 Å². The molecule has 0 bridgehead atoms.